The van der Waals surface area contributed by atoms with Crippen LogP contribution in [0.25, 0.3) is 22.4 Å². The zero-order valence-corrected chi connectivity index (χ0v) is 37.9. The fraction of sp³-hybridized carbons (Fsp3) is 0.362. The summed E-state index contributed by atoms with van der Waals surface area (Å²) in [7, 11) is 0. The van der Waals surface area contributed by atoms with Gasteiger partial charge < -0.3 is 41.2 Å². The Kier molecular flexibility index (Phi) is 14.5. The maximum atomic E-state index is 13.6. The number of pyridine rings is 1. The Morgan fingerprint density at radius 1 is 0.896 bits per heavy atom. The van der Waals surface area contributed by atoms with E-state index in [4.69, 9.17) is 20.4 Å². The number of amides is 3. The Bertz CT molecular complexity index is 2750. The van der Waals surface area contributed by atoms with Crippen LogP contribution in [0, 0.1) is 6.92 Å². The number of rotatable bonds is 22. The van der Waals surface area contributed by atoms with Crippen molar-refractivity contribution in [2.24, 2.45) is 5.73 Å². The van der Waals surface area contributed by atoms with E-state index < -0.39 is 11.7 Å². The predicted octanol–water partition coefficient (Wildman–Crippen LogP) is 6.00. The minimum absolute atomic E-state index is 0.0844. The summed E-state index contributed by atoms with van der Waals surface area (Å²) < 4.78 is 43.7. The Balaban J connectivity index is 0.744. The number of hydrogen-bond donors (Lipinski definition) is 5. The summed E-state index contributed by atoms with van der Waals surface area (Å²) in [6.45, 7) is 6.60. The normalized spacial score (nSPS) is 14.2. The van der Waals surface area contributed by atoms with Crippen molar-refractivity contribution >= 4 is 52.3 Å². The smallest absolute Gasteiger partial charge is 0.395 e. The molecule has 2 aliphatic rings. The van der Waals surface area contributed by atoms with Gasteiger partial charge in [0.15, 0.2) is 33.6 Å². The summed E-state index contributed by atoms with van der Waals surface area (Å²) in [5.41, 5.74) is 11.1. The van der Waals surface area contributed by atoms with Crippen molar-refractivity contribution in [2.45, 2.75) is 69.4 Å². The van der Waals surface area contributed by atoms with Crippen LogP contribution in [-0.4, -0.2) is 99.1 Å². The number of fused-ring (bicyclic) bond motifs is 2. The van der Waals surface area contributed by atoms with Gasteiger partial charge in [0.05, 0.1) is 30.9 Å². The second-order valence-corrected chi connectivity index (χ2v) is 17.2. The molecule has 1 aliphatic heterocycles. The third kappa shape index (κ3) is 11.4. The van der Waals surface area contributed by atoms with Crippen molar-refractivity contribution in [3.63, 3.8) is 0 Å². The lowest BCUT2D eigenvalue weighted by atomic mass is 9.94. The lowest BCUT2D eigenvalue weighted by Crippen LogP contribution is -2.30. The van der Waals surface area contributed by atoms with Crippen LogP contribution < -0.4 is 36.5 Å². The lowest BCUT2D eigenvalue weighted by Gasteiger charge is -2.17. The molecule has 0 spiro atoms. The van der Waals surface area contributed by atoms with Gasteiger partial charge in [0.25, 0.3) is 5.91 Å². The molecular weight excluding hydrogens is 885 g/mol. The summed E-state index contributed by atoms with van der Waals surface area (Å²) in [5, 5.41) is 21.2. The van der Waals surface area contributed by atoms with E-state index in [2.05, 4.69) is 53.0 Å². The van der Waals surface area contributed by atoms with Crippen LogP contribution in [-0.2, 0) is 32.7 Å². The highest BCUT2D eigenvalue weighted by molar-refractivity contribution is 7.99. The highest BCUT2D eigenvalue weighted by atomic mass is 32.2. The van der Waals surface area contributed by atoms with Crippen molar-refractivity contribution < 1.29 is 37.4 Å². The summed E-state index contributed by atoms with van der Waals surface area (Å²) in [6.07, 6.45) is -0.795. The molecule has 3 amide bonds. The van der Waals surface area contributed by atoms with E-state index >= 15 is 0 Å². The Labute approximate surface area is 389 Å². The number of aromatic nitrogens is 6. The number of carbonyl (C=O) groups excluding carboxylic acids is 3. The first-order chi connectivity index (χ1) is 32.4. The molecule has 8 rings (SSSR count). The third-order valence-corrected chi connectivity index (χ3v) is 12.2. The second-order valence-electron chi connectivity index (χ2n) is 16.2. The average Bonchev–Trinajstić information content (AvgIpc) is 3.95. The number of halogens is 2. The van der Waals surface area contributed by atoms with Crippen molar-refractivity contribution in [1.29, 1.82) is 0 Å². The molecule has 0 saturated heterocycles. The summed E-state index contributed by atoms with van der Waals surface area (Å²) in [5.74, 6) is 0.931. The fourth-order valence-electron chi connectivity index (χ4n) is 7.50. The predicted molar refractivity (Wildman–Crippen MR) is 248 cm³/mol. The van der Waals surface area contributed by atoms with E-state index in [1.54, 1.807) is 46.8 Å². The number of benzene rings is 3. The molecule has 1 saturated carbocycles. The molecule has 6 N–H and O–H groups in total. The van der Waals surface area contributed by atoms with Crippen LogP contribution in [0.5, 0.6) is 11.5 Å². The van der Waals surface area contributed by atoms with E-state index in [1.807, 2.05) is 43.3 Å². The van der Waals surface area contributed by atoms with Gasteiger partial charge in [0.2, 0.25) is 11.8 Å². The van der Waals surface area contributed by atoms with Gasteiger partial charge in [-0.2, -0.15) is 0 Å². The SMILES string of the molecule is CCCSc1nc(NCCN)c2nnn(Cc3ccc(CCC(=O)NCCOCCNC(=O)c4cccc(-c5nc(NC(=O)C6(c7ccc8c(c7)OC(F)(F)O8)CC6)ccc5C)c4)cc3)c2n1. The molecule has 4 heterocycles. The quantitative estimate of drug-likeness (QED) is 0.0300. The van der Waals surface area contributed by atoms with Gasteiger partial charge in [-0.25, -0.2) is 19.6 Å². The van der Waals surface area contributed by atoms with Crippen LogP contribution in [0.3, 0.4) is 0 Å². The molecule has 3 aromatic heterocycles. The van der Waals surface area contributed by atoms with Crippen molar-refractivity contribution in [2.75, 3.05) is 55.8 Å². The second kappa shape index (κ2) is 20.8. The van der Waals surface area contributed by atoms with Gasteiger partial charge in [0, 0.05) is 49.5 Å². The minimum atomic E-state index is -3.75. The maximum absolute atomic E-state index is 13.6. The van der Waals surface area contributed by atoms with Crippen molar-refractivity contribution in [3.05, 3.63) is 107 Å². The fourth-order valence-corrected chi connectivity index (χ4v) is 8.19. The van der Waals surface area contributed by atoms with Crippen LogP contribution in [0.4, 0.5) is 20.4 Å². The van der Waals surface area contributed by atoms with Crippen LogP contribution in [0.15, 0.2) is 84.0 Å². The third-order valence-electron chi connectivity index (χ3n) is 11.2. The number of nitrogens with two attached hydrogens (primary N) is 1. The number of nitrogens with zero attached hydrogens (tertiary/aromatic N) is 6. The first kappa shape index (κ1) is 46.7. The monoisotopic (exact) mass is 935 g/mol. The van der Waals surface area contributed by atoms with Crippen LogP contribution >= 0.6 is 11.8 Å². The van der Waals surface area contributed by atoms with Gasteiger partial charge in [-0.3, -0.25) is 14.4 Å². The molecule has 3 aromatic carbocycles. The highest BCUT2D eigenvalue weighted by Gasteiger charge is 2.53. The van der Waals surface area contributed by atoms with Crippen molar-refractivity contribution in [1.82, 2.24) is 40.6 Å². The number of carbonyl (C=O) groups is 3. The number of alkyl halides is 2. The van der Waals surface area contributed by atoms with E-state index in [1.165, 1.54) is 12.1 Å². The lowest BCUT2D eigenvalue weighted by molar-refractivity contribution is -0.286. The molecule has 67 heavy (non-hydrogen) atoms. The van der Waals surface area contributed by atoms with Gasteiger partial charge >= 0.3 is 6.29 Å². The molecule has 17 nitrogen and oxygen atoms in total. The molecule has 0 bridgehead atoms. The Hall–Kier alpha value is -6.77. The molecule has 350 valence electrons. The van der Waals surface area contributed by atoms with Gasteiger partial charge in [-0.15, -0.1) is 13.9 Å². The summed E-state index contributed by atoms with van der Waals surface area (Å²) in [6, 6.07) is 23.0. The Morgan fingerprint density at radius 3 is 2.45 bits per heavy atom. The molecule has 0 unspecified atom stereocenters. The number of thioether (sulfide) groups is 1. The molecule has 1 aliphatic carbocycles. The first-order valence-corrected chi connectivity index (χ1v) is 23.1. The molecule has 0 radical (unpaired) electrons. The molecule has 20 heteroatoms. The van der Waals surface area contributed by atoms with Gasteiger partial charge in [0.1, 0.15) is 5.82 Å². The maximum Gasteiger partial charge on any atom is 0.586 e. The zero-order chi connectivity index (χ0) is 47.0. The molecule has 0 atom stereocenters. The number of nitrogens with one attached hydrogen (secondary N) is 4. The van der Waals surface area contributed by atoms with Gasteiger partial charge in [-0.1, -0.05) is 72.4 Å². The first-order valence-electron chi connectivity index (χ1n) is 22.1. The number of hydrogen-bond acceptors (Lipinski definition) is 14. The number of anilines is 2. The van der Waals surface area contributed by atoms with E-state index in [9.17, 15) is 23.2 Å². The van der Waals surface area contributed by atoms with Gasteiger partial charge in [-0.05, 0) is 85.2 Å². The highest BCUT2D eigenvalue weighted by Crippen LogP contribution is 2.52. The number of ether oxygens (including phenoxy) is 3. The van der Waals surface area contributed by atoms with E-state index in [0.717, 1.165) is 28.9 Å². The number of aryl methyl sites for hydroxylation is 2. The summed E-state index contributed by atoms with van der Waals surface area (Å²) >= 11 is 1.59. The van der Waals surface area contributed by atoms with Crippen LogP contribution in [0.1, 0.15) is 65.2 Å². The summed E-state index contributed by atoms with van der Waals surface area (Å²) in [4.78, 5) is 53.3. The minimum Gasteiger partial charge on any atom is -0.395 e. The molecule has 1 fully saturated rings. The van der Waals surface area contributed by atoms with E-state index in [-0.39, 0.29) is 49.0 Å². The molecular formula is C47H51F2N11O6S. The van der Waals surface area contributed by atoms with E-state index in [0.29, 0.717) is 102 Å². The zero-order valence-electron chi connectivity index (χ0n) is 37.1. The topological polar surface area (TPSA) is 222 Å². The van der Waals surface area contributed by atoms with Crippen LogP contribution in [0.2, 0.25) is 0 Å². The Morgan fingerprint density at radius 2 is 1.67 bits per heavy atom. The standard InChI is InChI=1S/C47H51F2N11O6S/c1-3-25-67-45-56-41(52-20-19-50)40-42(57-45)60(59-58-40)28-31-10-8-30(9-11-31)12-16-38(61)51-21-23-64-24-22-53-43(62)33-6-4-5-32(26-33)39-29(2)7-15-37(54-39)55-44(63)46(17-18-46)34-13-14-35-36(27-34)66-47(48,49)65-35/h4-11,13-15,26-27H,3,12,16-25,28,50H2,1-2H3,(H,51,61)(H,53,62)(H,52,56,57)(H,54,55,63). The molecule has 6 aromatic rings. The average molecular weight is 936 g/mol. The van der Waals surface area contributed by atoms with Crippen molar-refractivity contribution in [3.8, 4) is 22.8 Å². The largest absolute Gasteiger partial charge is 0.586 e.